The molecule has 2 rings (SSSR count). The summed E-state index contributed by atoms with van der Waals surface area (Å²) in [6.07, 6.45) is 1.86. The molecule has 1 atom stereocenters. The lowest BCUT2D eigenvalue weighted by Gasteiger charge is -2.07. The zero-order valence-corrected chi connectivity index (χ0v) is 12.2. The summed E-state index contributed by atoms with van der Waals surface area (Å²) in [5.74, 6) is 0. The van der Waals surface area contributed by atoms with Crippen LogP contribution in [-0.4, -0.2) is 15.0 Å². The number of nitrogens with zero attached hydrogens (tertiary/aromatic N) is 3. The Morgan fingerprint density at radius 1 is 1.29 bits per heavy atom. The van der Waals surface area contributed by atoms with Gasteiger partial charge in [-0.25, -0.2) is 4.68 Å². The van der Waals surface area contributed by atoms with Crippen molar-refractivity contribution in [1.82, 2.24) is 15.0 Å². The summed E-state index contributed by atoms with van der Waals surface area (Å²) in [6.45, 7) is 6.00. The summed E-state index contributed by atoms with van der Waals surface area (Å²) < 4.78 is 2.88. The van der Waals surface area contributed by atoms with Gasteiger partial charge in [0.25, 0.3) is 0 Å². The molecule has 0 aliphatic carbocycles. The molecule has 5 heteroatoms. The minimum atomic E-state index is -0.124. The minimum absolute atomic E-state index is 0.124. The van der Waals surface area contributed by atoms with Crippen molar-refractivity contribution in [1.29, 1.82) is 0 Å². The number of alkyl halides is 1. The fourth-order valence-corrected chi connectivity index (χ4v) is 1.97. The van der Waals surface area contributed by atoms with Gasteiger partial charge in [0.1, 0.15) is 5.69 Å². The van der Waals surface area contributed by atoms with Crippen LogP contribution >= 0.6 is 27.5 Å². The SMILES string of the molecule is Cc1cc(-n2cc(C(C)Cl)nn2)cc(C)c1Br. The van der Waals surface area contributed by atoms with Crippen LogP contribution in [0.25, 0.3) is 5.69 Å². The fourth-order valence-electron chi connectivity index (χ4n) is 1.64. The summed E-state index contributed by atoms with van der Waals surface area (Å²) >= 11 is 9.52. The van der Waals surface area contributed by atoms with E-state index in [0.717, 1.165) is 15.9 Å². The van der Waals surface area contributed by atoms with E-state index in [1.165, 1.54) is 11.1 Å². The first-order chi connectivity index (χ1) is 7.99. The van der Waals surface area contributed by atoms with Crippen LogP contribution in [0.15, 0.2) is 22.8 Å². The Balaban J connectivity index is 2.46. The third-order valence-corrected chi connectivity index (χ3v) is 4.08. The number of aromatic nitrogens is 3. The van der Waals surface area contributed by atoms with Crippen LogP contribution in [0.2, 0.25) is 0 Å². The lowest BCUT2D eigenvalue weighted by molar-refractivity contribution is 0.795. The fraction of sp³-hybridized carbons (Fsp3) is 0.333. The van der Waals surface area contributed by atoms with Crippen molar-refractivity contribution in [2.45, 2.75) is 26.1 Å². The average Bonchev–Trinajstić information content (AvgIpc) is 2.74. The maximum absolute atomic E-state index is 5.97. The highest BCUT2D eigenvalue weighted by Gasteiger charge is 2.09. The van der Waals surface area contributed by atoms with Gasteiger partial charge in [-0.15, -0.1) is 16.7 Å². The van der Waals surface area contributed by atoms with E-state index in [2.05, 4.69) is 52.2 Å². The van der Waals surface area contributed by atoms with E-state index < -0.39 is 0 Å². The monoisotopic (exact) mass is 313 g/mol. The molecule has 1 unspecified atom stereocenters. The topological polar surface area (TPSA) is 30.7 Å². The molecule has 0 saturated carbocycles. The van der Waals surface area contributed by atoms with Gasteiger partial charge in [-0.3, -0.25) is 0 Å². The molecule has 17 heavy (non-hydrogen) atoms. The third-order valence-electron chi connectivity index (χ3n) is 2.60. The van der Waals surface area contributed by atoms with Gasteiger partial charge < -0.3 is 0 Å². The zero-order chi connectivity index (χ0) is 12.6. The van der Waals surface area contributed by atoms with Gasteiger partial charge in [-0.1, -0.05) is 21.1 Å². The van der Waals surface area contributed by atoms with Gasteiger partial charge in [0, 0.05) is 4.47 Å². The van der Waals surface area contributed by atoms with Crippen LogP contribution in [0.1, 0.15) is 29.1 Å². The summed E-state index contributed by atoms with van der Waals surface area (Å²) in [5, 5.41) is 8.01. The Kier molecular flexibility index (Phi) is 3.54. The first-order valence-electron chi connectivity index (χ1n) is 5.32. The first kappa shape index (κ1) is 12.6. The van der Waals surface area contributed by atoms with Crippen molar-refractivity contribution in [2.75, 3.05) is 0 Å². The van der Waals surface area contributed by atoms with Crippen LogP contribution in [0.4, 0.5) is 0 Å². The molecule has 0 spiro atoms. The van der Waals surface area contributed by atoms with Crippen molar-refractivity contribution in [3.63, 3.8) is 0 Å². The Hall–Kier alpha value is -0.870. The van der Waals surface area contributed by atoms with E-state index in [4.69, 9.17) is 11.6 Å². The predicted molar refractivity (Wildman–Crippen MR) is 72.8 cm³/mol. The molecule has 3 nitrogen and oxygen atoms in total. The Bertz CT molecular complexity index is 525. The van der Waals surface area contributed by atoms with Gasteiger partial charge in [0.2, 0.25) is 0 Å². The highest BCUT2D eigenvalue weighted by atomic mass is 79.9. The van der Waals surface area contributed by atoms with Gasteiger partial charge in [-0.2, -0.15) is 0 Å². The van der Waals surface area contributed by atoms with E-state index in [9.17, 15) is 0 Å². The summed E-state index contributed by atoms with van der Waals surface area (Å²) in [7, 11) is 0. The van der Waals surface area contributed by atoms with Crippen molar-refractivity contribution < 1.29 is 0 Å². The van der Waals surface area contributed by atoms with Gasteiger partial charge in [-0.05, 0) is 44.0 Å². The molecule has 1 aromatic carbocycles. The van der Waals surface area contributed by atoms with Crippen LogP contribution in [0.5, 0.6) is 0 Å². The van der Waals surface area contributed by atoms with Crippen LogP contribution in [-0.2, 0) is 0 Å². The maximum Gasteiger partial charge on any atom is 0.101 e. The Morgan fingerprint density at radius 2 is 1.88 bits per heavy atom. The number of rotatable bonds is 2. The minimum Gasteiger partial charge on any atom is -0.220 e. The lowest BCUT2D eigenvalue weighted by Crippen LogP contribution is -1.97. The molecule has 90 valence electrons. The highest BCUT2D eigenvalue weighted by molar-refractivity contribution is 9.10. The standard InChI is InChI=1S/C12H13BrClN3/c1-7-4-10(5-8(2)12(7)13)17-6-11(9(3)14)15-16-17/h4-6,9H,1-3H3. The van der Waals surface area contributed by atoms with E-state index in [-0.39, 0.29) is 5.38 Å². The third kappa shape index (κ3) is 2.53. The summed E-state index contributed by atoms with van der Waals surface area (Å²) in [5.41, 5.74) is 4.14. The molecule has 1 aromatic heterocycles. The Labute approximate surface area is 114 Å². The zero-order valence-electron chi connectivity index (χ0n) is 9.91. The van der Waals surface area contributed by atoms with Crippen molar-refractivity contribution >= 4 is 27.5 Å². The second-order valence-electron chi connectivity index (χ2n) is 4.10. The van der Waals surface area contributed by atoms with Gasteiger partial charge in [0.05, 0.1) is 17.3 Å². The second kappa shape index (κ2) is 4.78. The molecule has 0 saturated heterocycles. The van der Waals surface area contributed by atoms with E-state index in [1.54, 1.807) is 4.68 Å². The highest BCUT2D eigenvalue weighted by Crippen LogP contribution is 2.24. The molecular formula is C12H13BrClN3. The van der Waals surface area contributed by atoms with Crippen molar-refractivity contribution in [3.05, 3.63) is 39.6 Å². The van der Waals surface area contributed by atoms with Crippen LogP contribution in [0, 0.1) is 13.8 Å². The summed E-state index contributed by atoms with van der Waals surface area (Å²) in [6, 6.07) is 4.13. The molecule has 0 N–H and O–H groups in total. The van der Waals surface area contributed by atoms with Gasteiger partial charge in [0.15, 0.2) is 0 Å². The smallest absolute Gasteiger partial charge is 0.101 e. The van der Waals surface area contributed by atoms with Gasteiger partial charge >= 0.3 is 0 Å². The second-order valence-corrected chi connectivity index (χ2v) is 5.55. The van der Waals surface area contributed by atoms with Crippen molar-refractivity contribution in [3.8, 4) is 5.69 Å². The summed E-state index contributed by atoms with van der Waals surface area (Å²) in [4.78, 5) is 0. The molecular weight excluding hydrogens is 302 g/mol. The first-order valence-corrected chi connectivity index (χ1v) is 6.55. The molecule has 0 aliphatic heterocycles. The Morgan fingerprint density at radius 3 is 2.35 bits per heavy atom. The number of hydrogen-bond donors (Lipinski definition) is 0. The molecule has 0 radical (unpaired) electrons. The molecule has 1 heterocycles. The maximum atomic E-state index is 5.97. The molecule has 0 aliphatic rings. The van der Waals surface area contributed by atoms with Crippen LogP contribution in [0.3, 0.4) is 0 Å². The number of benzene rings is 1. The quantitative estimate of drug-likeness (QED) is 0.786. The van der Waals surface area contributed by atoms with E-state index in [1.807, 2.05) is 13.1 Å². The molecule has 2 aromatic rings. The number of hydrogen-bond acceptors (Lipinski definition) is 2. The average molecular weight is 315 g/mol. The van der Waals surface area contributed by atoms with Crippen LogP contribution < -0.4 is 0 Å². The number of aryl methyl sites for hydroxylation is 2. The predicted octanol–water partition coefficient (Wildman–Crippen LogP) is 3.95. The number of halogens is 2. The normalized spacial score (nSPS) is 12.8. The largest absolute Gasteiger partial charge is 0.220 e. The molecule has 0 fully saturated rings. The lowest BCUT2D eigenvalue weighted by atomic mass is 10.1. The van der Waals surface area contributed by atoms with Crippen molar-refractivity contribution in [2.24, 2.45) is 0 Å². The van der Waals surface area contributed by atoms with E-state index in [0.29, 0.717) is 0 Å². The molecule has 0 bridgehead atoms. The van der Waals surface area contributed by atoms with E-state index >= 15 is 0 Å². The molecule has 0 amide bonds.